The van der Waals surface area contributed by atoms with Gasteiger partial charge in [0, 0.05) is 5.92 Å². The van der Waals surface area contributed by atoms with E-state index >= 15 is 0 Å². The van der Waals surface area contributed by atoms with E-state index in [1.807, 2.05) is 6.08 Å². The zero-order chi connectivity index (χ0) is 24.2. The predicted molar refractivity (Wildman–Crippen MR) is 128 cm³/mol. The minimum atomic E-state index is -0.674. The van der Waals surface area contributed by atoms with Crippen molar-refractivity contribution >= 4 is 11.8 Å². The Morgan fingerprint density at radius 2 is 1.64 bits per heavy atom. The highest BCUT2D eigenvalue weighted by molar-refractivity contribution is 5.95. The molecule has 0 aromatic carbocycles. The predicted octanol–water partition coefficient (Wildman–Crippen LogP) is 6.02. The molecule has 4 heteroatoms. The molecule has 4 nitrogen and oxygen atoms in total. The quantitative estimate of drug-likeness (QED) is 0.506. The lowest BCUT2D eigenvalue weighted by Gasteiger charge is -2.70. The summed E-state index contributed by atoms with van der Waals surface area (Å²) < 4.78 is 0. The van der Waals surface area contributed by atoms with Gasteiger partial charge in [-0.25, -0.2) is 0 Å². The van der Waals surface area contributed by atoms with E-state index in [1.54, 1.807) is 0 Å². The number of aliphatic hydroxyl groups is 1. The van der Waals surface area contributed by atoms with E-state index in [-0.39, 0.29) is 56.7 Å². The SMILES string of the molecule is CC12CC[C@H](C(=O)O)CC1C1=CC(=O)C3C4(C)CCC(O)C(C)(C)C4CC[C@@]3(C)[C@]1(C)CC2. The highest BCUT2D eigenvalue weighted by Crippen LogP contribution is 2.74. The van der Waals surface area contributed by atoms with Gasteiger partial charge in [0.15, 0.2) is 5.78 Å². The fourth-order valence-electron chi connectivity index (χ4n) is 10.2. The number of aliphatic carboxylic acids is 1. The Balaban J connectivity index is 1.61. The number of hydrogen-bond acceptors (Lipinski definition) is 3. The fraction of sp³-hybridized carbons (Fsp3) is 0.862. The van der Waals surface area contributed by atoms with Crippen LogP contribution in [0, 0.1) is 50.7 Å². The molecule has 5 rings (SSSR count). The smallest absolute Gasteiger partial charge is 0.306 e. The van der Waals surface area contributed by atoms with Gasteiger partial charge >= 0.3 is 5.97 Å². The van der Waals surface area contributed by atoms with Gasteiger partial charge in [0.2, 0.25) is 0 Å². The molecule has 184 valence electrons. The summed E-state index contributed by atoms with van der Waals surface area (Å²) in [5, 5.41) is 20.6. The Hall–Kier alpha value is -1.16. The number of aliphatic hydroxyl groups excluding tert-OH is 1. The second-order valence-corrected chi connectivity index (χ2v) is 14.2. The Morgan fingerprint density at radius 3 is 2.30 bits per heavy atom. The van der Waals surface area contributed by atoms with Crippen LogP contribution in [0.2, 0.25) is 0 Å². The molecule has 0 bridgehead atoms. The molecule has 0 aromatic heterocycles. The number of rotatable bonds is 1. The summed E-state index contributed by atoms with van der Waals surface area (Å²) in [6.45, 7) is 13.9. The summed E-state index contributed by atoms with van der Waals surface area (Å²) in [6, 6.07) is 0. The number of hydrogen-bond donors (Lipinski definition) is 2. The van der Waals surface area contributed by atoms with Crippen molar-refractivity contribution in [2.75, 3.05) is 0 Å². The maximum absolute atomic E-state index is 14.1. The first-order valence-corrected chi connectivity index (χ1v) is 13.4. The number of carbonyl (C=O) groups excluding carboxylic acids is 1. The van der Waals surface area contributed by atoms with Crippen molar-refractivity contribution < 1.29 is 19.8 Å². The van der Waals surface area contributed by atoms with Crippen LogP contribution in [0.3, 0.4) is 0 Å². The molecule has 5 aliphatic rings. The van der Waals surface area contributed by atoms with Crippen LogP contribution >= 0.6 is 0 Å². The molecular formula is C29H44O4. The summed E-state index contributed by atoms with van der Waals surface area (Å²) in [5.41, 5.74) is 0.929. The van der Waals surface area contributed by atoms with Crippen molar-refractivity contribution in [2.24, 2.45) is 50.7 Å². The molecule has 9 atom stereocenters. The van der Waals surface area contributed by atoms with Gasteiger partial charge in [-0.15, -0.1) is 0 Å². The van der Waals surface area contributed by atoms with Crippen LogP contribution in [0.4, 0.5) is 0 Å². The molecular weight excluding hydrogens is 412 g/mol. The lowest BCUT2D eigenvalue weighted by Crippen LogP contribution is -2.66. The number of ketones is 1. The normalized spacial score (nSPS) is 53.1. The van der Waals surface area contributed by atoms with Crippen LogP contribution in [0.1, 0.15) is 99.3 Å². The van der Waals surface area contributed by atoms with E-state index in [4.69, 9.17) is 0 Å². The van der Waals surface area contributed by atoms with Crippen LogP contribution in [0.5, 0.6) is 0 Å². The zero-order valence-electron chi connectivity index (χ0n) is 21.5. The number of allylic oxidation sites excluding steroid dienone is 2. The second kappa shape index (κ2) is 6.95. The average Bonchev–Trinajstić information content (AvgIpc) is 2.72. The molecule has 0 radical (unpaired) electrons. The number of carboxylic acid groups (broad SMARTS) is 1. The van der Waals surface area contributed by atoms with E-state index in [9.17, 15) is 19.8 Å². The van der Waals surface area contributed by atoms with E-state index < -0.39 is 5.97 Å². The number of carbonyl (C=O) groups is 2. The number of fused-ring (bicyclic) bond motifs is 7. The molecule has 33 heavy (non-hydrogen) atoms. The van der Waals surface area contributed by atoms with E-state index in [2.05, 4.69) is 41.5 Å². The largest absolute Gasteiger partial charge is 0.481 e. The Kier molecular flexibility index (Phi) is 4.97. The van der Waals surface area contributed by atoms with Gasteiger partial charge in [-0.3, -0.25) is 9.59 Å². The molecule has 6 unspecified atom stereocenters. The monoisotopic (exact) mass is 456 g/mol. The van der Waals surface area contributed by atoms with Crippen LogP contribution in [-0.2, 0) is 9.59 Å². The maximum atomic E-state index is 14.1. The van der Waals surface area contributed by atoms with Gasteiger partial charge in [-0.05, 0) is 103 Å². The molecule has 5 aliphatic carbocycles. The highest BCUT2D eigenvalue weighted by atomic mass is 16.4. The van der Waals surface area contributed by atoms with Gasteiger partial charge in [0.05, 0.1) is 12.0 Å². The summed E-state index contributed by atoms with van der Waals surface area (Å²) in [4.78, 5) is 26.0. The Morgan fingerprint density at radius 1 is 0.939 bits per heavy atom. The van der Waals surface area contributed by atoms with Crippen molar-refractivity contribution in [3.05, 3.63) is 11.6 Å². The van der Waals surface area contributed by atoms with Crippen LogP contribution in [0.25, 0.3) is 0 Å². The Labute approximate surface area is 199 Å². The summed E-state index contributed by atoms with van der Waals surface area (Å²) in [6.07, 6.45) is 10.1. The zero-order valence-corrected chi connectivity index (χ0v) is 21.5. The van der Waals surface area contributed by atoms with Gasteiger partial charge in [-0.1, -0.05) is 47.1 Å². The minimum absolute atomic E-state index is 0.0208. The molecule has 0 aromatic rings. The molecule has 0 aliphatic heterocycles. The molecule has 4 fully saturated rings. The van der Waals surface area contributed by atoms with Gasteiger partial charge in [0.25, 0.3) is 0 Å². The lowest BCUT2D eigenvalue weighted by atomic mass is 9.33. The van der Waals surface area contributed by atoms with Gasteiger partial charge in [0.1, 0.15) is 0 Å². The van der Waals surface area contributed by atoms with Crippen LogP contribution in [0.15, 0.2) is 11.6 Å². The van der Waals surface area contributed by atoms with Crippen LogP contribution in [-0.4, -0.2) is 28.1 Å². The second-order valence-electron chi connectivity index (χ2n) is 14.2. The number of carboxylic acids is 1. The van der Waals surface area contributed by atoms with Crippen LogP contribution < -0.4 is 0 Å². The first kappa shape index (κ1) is 23.6. The third kappa shape index (κ3) is 2.85. The molecule has 2 N–H and O–H groups in total. The van der Waals surface area contributed by atoms with Crippen molar-refractivity contribution in [3.8, 4) is 0 Å². The average molecular weight is 457 g/mol. The summed E-state index contributed by atoms with van der Waals surface area (Å²) in [7, 11) is 0. The van der Waals surface area contributed by atoms with E-state index in [0.29, 0.717) is 12.3 Å². The Bertz CT molecular complexity index is 919. The maximum Gasteiger partial charge on any atom is 0.306 e. The van der Waals surface area contributed by atoms with E-state index in [0.717, 1.165) is 51.4 Å². The van der Waals surface area contributed by atoms with E-state index in [1.165, 1.54) is 5.57 Å². The van der Waals surface area contributed by atoms with Gasteiger partial charge < -0.3 is 10.2 Å². The first-order valence-electron chi connectivity index (χ1n) is 13.4. The highest BCUT2D eigenvalue weighted by Gasteiger charge is 2.69. The third-order valence-corrected chi connectivity index (χ3v) is 12.6. The molecule has 0 saturated heterocycles. The topological polar surface area (TPSA) is 74.6 Å². The molecule has 4 saturated carbocycles. The lowest BCUT2D eigenvalue weighted by molar-refractivity contribution is -0.201. The first-order chi connectivity index (χ1) is 15.2. The summed E-state index contributed by atoms with van der Waals surface area (Å²) >= 11 is 0. The molecule has 0 spiro atoms. The minimum Gasteiger partial charge on any atom is -0.481 e. The standard InChI is InChI=1S/C29H44O4/c1-25(2)21-8-12-29(6)23(27(21,4)11-9-22(25)31)20(30)16-19-18-15-17(24(32)33)7-10-26(18,3)13-14-28(19,29)5/h16-18,21-23,31H,7-15H2,1-6H3,(H,32,33)/t17-,18?,21?,22?,23?,26?,27?,28+,29+/m0/s1. The summed E-state index contributed by atoms with van der Waals surface area (Å²) in [5.74, 6) is -0.163. The van der Waals surface area contributed by atoms with Crippen molar-refractivity contribution in [2.45, 2.75) is 105 Å². The van der Waals surface area contributed by atoms with Gasteiger partial charge in [-0.2, -0.15) is 0 Å². The fourth-order valence-corrected chi connectivity index (χ4v) is 10.2. The van der Waals surface area contributed by atoms with Crippen molar-refractivity contribution in [3.63, 3.8) is 0 Å². The third-order valence-electron chi connectivity index (χ3n) is 12.6. The van der Waals surface area contributed by atoms with Crippen molar-refractivity contribution in [1.29, 1.82) is 0 Å². The van der Waals surface area contributed by atoms with Crippen molar-refractivity contribution in [1.82, 2.24) is 0 Å². The molecule has 0 amide bonds. The molecule has 0 heterocycles.